The molecule has 66 valence electrons. The van der Waals surface area contributed by atoms with E-state index in [1.54, 1.807) is 18.3 Å². The van der Waals surface area contributed by atoms with Crippen LogP contribution in [0.3, 0.4) is 0 Å². The van der Waals surface area contributed by atoms with Crippen LogP contribution in [0.15, 0.2) is 23.5 Å². The minimum absolute atomic E-state index is 0.327. The second kappa shape index (κ2) is 4.90. The molecule has 1 aromatic heterocycles. The van der Waals surface area contributed by atoms with Crippen LogP contribution in [0.1, 0.15) is 11.5 Å². The highest BCUT2D eigenvalue weighted by Gasteiger charge is 1.88. The van der Waals surface area contributed by atoms with Crippen LogP contribution in [0.2, 0.25) is 0 Å². The number of rotatable bonds is 3. The Labute approximate surface area is 75.8 Å². The fourth-order valence-corrected chi connectivity index (χ4v) is 0.790. The molecule has 0 aliphatic carbocycles. The summed E-state index contributed by atoms with van der Waals surface area (Å²) in [5, 5.41) is 3.35. The van der Waals surface area contributed by atoms with Crippen LogP contribution in [0.25, 0.3) is 16.5 Å². The fourth-order valence-electron chi connectivity index (χ4n) is 0.790. The number of aryl methyl sites for hydroxylation is 1. The van der Waals surface area contributed by atoms with Crippen LogP contribution in [0.4, 0.5) is 0 Å². The summed E-state index contributed by atoms with van der Waals surface area (Å²) in [6.45, 7) is 2.22. The summed E-state index contributed by atoms with van der Waals surface area (Å²) >= 11 is 0. The monoisotopic (exact) mass is 175 g/mol. The van der Waals surface area contributed by atoms with E-state index in [0.29, 0.717) is 12.4 Å². The van der Waals surface area contributed by atoms with E-state index in [1.807, 2.05) is 13.0 Å². The number of hydrogen-bond acceptors (Lipinski definition) is 3. The molecule has 0 bridgehead atoms. The van der Waals surface area contributed by atoms with Crippen LogP contribution in [-0.2, 0) is 0 Å². The fraction of sp³-hybridized carbons (Fsp3) is 0.250. The summed E-state index contributed by atoms with van der Waals surface area (Å²) in [6, 6.07) is 1.82. The zero-order chi connectivity index (χ0) is 9.52. The average molecular weight is 175 g/mol. The second-order valence-electron chi connectivity index (χ2n) is 2.37. The van der Waals surface area contributed by atoms with Crippen molar-refractivity contribution in [1.82, 2.24) is 9.97 Å². The van der Waals surface area contributed by atoms with Gasteiger partial charge in [-0.2, -0.15) is 0 Å². The van der Waals surface area contributed by atoms with Crippen molar-refractivity contribution in [2.24, 2.45) is 5.11 Å². The van der Waals surface area contributed by atoms with Gasteiger partial charge in [-0.3, -0.25) is 0 Å². The molecule has 0 amide bonds. The molecule has 0 aliphatic rings. The highest BCUT2D eigenvalue weighted by atomic mass is 15.1. The van der Waals surface area contributed by atoms with Gasteiger partial charge in [-0.05, 0) is 24.6 Å². The topological polar surface area (TPSA) is 74.5 Å². The van der Waals surface area contributed by atoms with E-state index in [-0.39, 0.29) is 0 Å². The van der Waals surface area contributed by atoms with Gasteiger partial charge in [0.15, 0.2) is 5.82 Å². The Morgan fingerprint density at radius 3 is 3.23 bits per heavy atom. The number of nitrogens with zero attached hydrogens (tertiary/aromatic N) is 5. The molecular weight excluding hydrogens is 166 g/mol. The molecule has 1 rings (SSSR count). The molecule has 0 fully saturated rings. The molecule has 5 heteroatoms. The van der Waals surface area contributed by atoms with Gasteiger partial charge in [0.25, 0.3) is 0 Å². The van der Waals surface area contributed by atoms with Crippen molar-refractivity contribution >= 4 is 6.08 Å². The van der Waals surface area contributed by atoms with Crippen molar-refractivity contribution in [3.8, 4) is 0 Å². The highest BCUT2D eigenvalue weighted by molar-refractivity contribution is 5.39. The lowest BCUT2D eigenvalue weighted by atomic mass is 10.4. The Kier molecular flexibility index (Phi) is 3.47. The van der Waals surface area contributed by atoms with Crippen LogP contribution in [0.5, 0.6) is 0 Å². The lowest BCUT2D eigenvalue weighted by Crippen LogP contribution is -1.88. The maximum absolute atomic E-state index is 8.00. The average Bonchev–Trinajstić information content (AvgIpc) is 2.13. The Bertz CT molecular complexity index is 351. The number of hydrogen-bond donors (Lipinski definition) is 0. The SMILES string of the molecule is Cc1ccnc(C=CCN=[N+]=[N-])n1. The number of aromatic nitrogens is 2. The van der Waals surface area contributed by atoms with Crippen molar-refractivity contribution in [3.05, 3.63) is 40.3 Å². The summed E-state index contributed by atoms with van der Waals surface area (Å²) in [4.78, 5) is 10.8. The normalized spacial score (nSPS) is 9.92. The predicted octanol–water partition coefficient (Wildman–Crippen LogP) is 2.11. The molecule has 13 heavy (non-hydrogen) atoms. The maximum atomic E-state index is 8.00. The largest absolute Gasteiger partial charge is 0.237 e. The van der Waals surface area contributed by atoms with Gasteiger partial charge in [-0.15, -0.1) is 0 Å². The first kappa shape index (κ1) is 9.22. The Hall–Kier alpha value is -1.87. The van der Waals surface area contributed by atoms with E-state index in [0.717, 1.165) is 5.69 Å². The third-order valence-electron chi connectivity index (χ3n) is 1.33. The molecule has 0 saturated carbocycles. The third-order valence-corrected chi connectivity index (χ3v) is 1.33. The maximum Gasteiger partial charge on any atom is 0.151 e. The Morgan fingerprint density at radius 1 is 1.69 bits per heavy atom. The quantitative estimate of drug-likeness (QED) is 0.400. The highest BCUT2D eigenvalue weighted by Crippen LogP contribution is 1.95. The molecule has 0 aromatic carbocycles. The molecule has 1 heterocycles. The van der Waals surface area contributed by atoms with Crippen molar-refractivity contribution in [2.75, 3.05) is 6.54 Å². The molecule has 0 N–H and O–H groups in total. The molecule has 0 aliphatic heterocycles. The van der Waals surface area contributed by atoms with Crippen LogP contribution < -0.4 is 0 Å². The van der Waals surface area contributed by atoms with Crippen molar-refractivity contribution in [1.29, 1.82) is 0 Å². The van der Waals surface area contributed by atoms with Crippen molar-refractivity contribution < 1.29 is 0 Å². The number of azide groups is 1. The van der Waals surface area contributed by atoms with Crippen molar-refractivity contribution in [3.63, 3.8) is 0 Å². The van der Waals surface area contributed by atoms with E-state index in [1.165, 1.54) is 0 Å². The molecule has 0 spiro atoms. The van der Waals surface area contributed by atoms with Gasteiger partial charge in [0.1, 0.15) is 0 Å². The summed E-state index contributed by atoms with van der Waals surface area (Å²) in [5.41, 5.74) is 8.92. The second-order valence-corrected chi connectivity index (χ2v) is 2.37. The zero-order valence-electron chi connectivity index (χ0n) is 7.25. The first-order valence-corrected chi connectivity index (χ1v) is 3.80. The van der Waals surface area contributed by atoms with E-state index < -0.39 is 0 Å². The first-order chi connectivity index (χ1) is 6.33. The van der Waals surface area contributed by atoms with Crippen LogP contribution in [0, 0.1) is 6.92 Å². The summed E-state index contributed by atoms with van der Waals surface area (Å²) in [6.07, 6.45) is 5.13. The summed E-state index contributed by atoms with van der Waals surface area (Å²) in [7, 11) is 0. The van der Waals surface area contributed by atoms with E-state index >= 15 is 0 Å². The van der Waals surface area contributed by atoms with Gasteiger partial charge in [-0.25, -0.2) is 9.97 Å². The minimum Gasteiger partial charge on any atom is -0.237 e. The lowest BCUT2D eigenvalue weighted by molar-refractivity contribution is 1.07. The van der Waals surface area contributed by atoms with Gasteiger partial charge < -0.3 is 0 Å². The van der Waals surface area contributed by atoms with E-state index in [9.17, 15) is 0 Å². The standard InChI is InChI=1S/C8H9N5/c1-7-4-6-10-8(12-7)3-2-5-11-13-9/h2-4,6H,5H2,1H3. The molecule has 1 aromatic rings. The molecule has 0 atom stereocenters. The predicted molar refractivity (Wildman–Crippen MR) is 49.8 cm³/mol. The van der Waals surface area contributed by atoms with E-state index in [2.05, 4.69) is 20.0 Å². The van der Waals surface area contributed by atoms with Crippen molar-refractivity contribution in [2.45, 2.75) is 6.92 Å². The van der Waals surface area contributed by atoms with Gasteiger partial charge >= 0.3 is 0 Å². The van der Waals surface area contributed by atoms with Gasteiger partial charge in [0.2, 0.25) is 0 Å². The summed E-state index contributed by atoms with van der Waals surface area (Å²) < 4.78 is 0. The van der Waals surface area contributed by atoms with Gasteiger partial charge in [-0.1, -0.05) is 11.2 Å². The molecule has 0 saturated heterocycles. The van der Waals surface area contributed by atoms with E-state index in [4.69, 9.17) is 5.53 Å². The van der Waals surface area contributed by atoms with Crippen LogP contribution in [-0.4, -0.2) is 16.5 Å². The lowest BCUT2D eigenvalue weighted by Gasteiger charge is -1.92. The third kappa shape index (κ3) is 3.35. The Morgan fingerprint density at radius 2 is 2.54 bits per heavy atom. The molecule has 5 nitrogen and oxygen atoms in total. The minimum atomic E-state index is 0.327. The zero-order valence-corrected chi connectivity index (χ0v) is 7.25. The molecule has 0 radical (unpaired) electrons. The molecule has 0 unspecified atom stereocenters. The Balaban J connectivity index is 2.63. The molecular formula is C8H9N5. The van der Waals surface area contributed by atoms with Gasteiger partial charge in [0, 0.05) is 23.3 Å². The smallest absolute Gasteiger partial charge is 0.151 e. The van der Waals surface area contributed by atoms with Crippen LogP contribution >= 0.6 is 0 Å². The summed E-state index contributed by atoms with van der Waals surface area (Å²) in [5.74, 6) is 0.633. The van der Waals surface area contributed by atoms with Gasteiger partial charge in [0.05, 0.1) is 0 Å². The first-order valence-electron chi connectivity index (χ1n) is 3.80.